The number of nitro groups is 1. The van der Waals surface area contributed by atoms with Crippen molar-refractivity contribution in [1.29, 1.82) is 0 Å². The van der Waals surface area contributed by atoms with Gasteiger partial charge >= 0.3 is 5.97 Å². The number of rotatable bonds is 8. The molecule has 6 heteroatoms. The summed E-state index contributed by atoms with van der Waals surface area (Å²) in [6, 6.07) is 24.3. The van der Waals surface area contributed by atoms with Crippen LogP contribution in [-0.2, 0) is 4.74 Å². The number of nitrogens with zero attached hydrogens (tertiary/aromatic N) is 1. The number of esters is 1. The molecule has 0 unspecified atom stereocenters. The van der Waals surface area contributed by atoms with E-state index in [1.807, 2.05) is 72.8 Å². The van der Waals surface area contributed by atoms with Crippen LogP contribution in [0, 0.1) is 10.1 Å². The fourth-order valence-electron chi connectivity index (χ4n) is 2.91. The molecule has 0 heterocycles. The number of carbonyl (C=O) groups is 1. The molecule has 0 fully saturated rings. The van der Waals surface area contributed by atoms with Gasteiger partial charge in [-0.1, -0.05) is 60.7 Å². The van der Waals surface area contributed by atoms with Crippen LogP contribution >= 0.6 is 0 Å². The molecule has 0 aromatic heterocycles. The minimum Gasteiger partial charge on any atom is -0.457 e. The Bertz CT molecular complexity index is 1090. The normalized spacial score (nSPS) is 11.8. The van der Waals surface area contributed by atoms with Crippen LogP contribution in [0.15, 0.2) is 96.1 Å². The van der Waals surface area contributed by atoms with Crippen LogP contribution in [0.5, 0.6) is 0 Å². The lowest BCUT2D eigenvalue weighted by atomic mass is 10.0. The van der Waals surface area contributed by atoms with Crippen LogP contribution in [0.25, 0.3) is 12.2 Å². The molecule has 1 N–H and O–H groups in total. The fourth-order valence-corrected chi connectivity index (χ4v) is 2.91. The Labute approximate surface area is 179 Å². The van der Waals surface area contributed by atoms with E-state index in [2.05, 4.69) is 0 Å². The van der Waals surface area contributed by atoms with Gasteiger partial charge in [-0.2, -0.15) is 0 Å². The molecule has 0 atom stereocenters. The molecule has 156 valence electrons. The number of benzene rings is 3. The van der Waals surface area contributed by atoms with E-state index in [1.165, 1.54) is 24.3 Å². The second-order valence-corrected chi connectivity index (χ2v) is 6.70. The molecule has 0 spiro atoms. The lowest BCUT2D eigenvalue weighted by molar-refractivity contribution is -0.384. The van der Waals surface area contributed by atoms with E-state index in [0.717, 1.165) is 11.1 Å². The first-order valence-corrected chi connectivity index (χ1v) is 9.61. The summed E-state index contributed by atoms with van der Waals surface area (Å²) >= 11 is 0. The van der Waals surface area contributed by atoms with Crippen LogP contribution in [0.4, 0.5) is 5.69 Å². The number of carbonyl (C=O) groups excluding carboxylic acids is 1. The van der Waals surface area contributed by atoms with Crippen molar-refractivity contribution in [3.8, 4) is 0 Å². The molecule has 0 amide bonds. The van der Waals surface area contributed by atoms with Crippen LogP contribution in [0.1, 0.15) is 21.5 Å². The van der Waals surface area contributed by atoms with Crippen LogP contribution in [-0.4, -0.2) is 29.2 Å². The van der Waals surface area contributed by atoms with Crippen molar-refractivity contribution in [2.45, 2.75) is 0 Å². The van der Waals surface area contributed by atoms with Crippen molar-refractivity contribution in [1.82, 2.24) is 0 Å². The maximum absolute atomic E-state index is 12.5. The maximum Gasteiger partial charge on any atom is 0.338 e. The molecule has 31 heavy (non-hydrogen) atoms. The third-order valence-electron chi connectivity index (χ3n) is 4.54. The van der Waals surface area contributed by atoms with Crippen molar-refractivity contribution in [3.05, 3.63) is 123 Å². The summed E-state index contributed by atoms with van der Waals surface area (Å²) in [5.74, 6) is -0.606. The van der Waals surface area contributed by atoms with Crippen molar-refractivity contribution in [2.24, 2.45) is 0 Å². The second-order valence-electron chi connectivity index (χ2n) is 6.70. The number of hydrogen-bond donors (Lipinski definition) is 1. The van der Waals surface area contributed by atoms with Crippen molar-refractivity contribution in [3.63, 3.8) is 0 Å². The van der Waals surface area contributed by atoms with E-state index in [-0.39, 0.29) is 24.5 Å². The molecule has 3 rings (SSSR count). The van der Waals surface area contributed by atoms with Crippen molar-refractivity contribution in [2.75, 3.05) is 13.2 Å². The van der Waals surface area contributed by atoms with Gasteiger partial charge in [-0.05, 0) is 46.6 Å². The second kappa shape index (κ2) is 10.7. The number of hydrogen-bond acceptors (Lipinski definition) is 5. The topological polar surface area (TPSA) is 89.7 Å². The molecule has 6 nitrogen and oxygen atoms in total. The Morgan fingerprint density at radius 3 is 1.84 bits per heavy atom. The van der Waals surface area contributed by atoms with Gasteiger partial charge in [-0.15, -0.1) is 0 Å². The summed E-state index contributed by atoms with van der Waals surface area (Å²) < 4.78 is 5.45. The predicted octanol–water partition coefficient (Wildman–Crippen LogP) is 4.91. The summed E-state index contributed by atoms with van der Waals surface area (Å²) in [7, 11) is 0. The molecule has 0 aliphatic rings. The lowest BCUT2D eigenvalue weighted by Gasteiger charge is -2.12. The molecule has 3 aromatic carbocycles. The van der Waals surface area contributed by atoms with E-state index in [4.69, 9.17) is 4.74 Å². The van der Waals surface area contributed by atoms with Gasteiger partial charge in [-0.25, -0.2) is 4.79 Å². The van der Waals surface area contributed by atoms with Crippen molar-refractivity contribution < 1.29 is 19.6 Å². The zero-order chi connectivity index (χ0) is 22.1. The zero-order valence-corrected chi connectivity index (χ0v) is 16.7. The molecule has 0 aliphatic carbocycles. The molecular formula is C25H21NO5. The lowest BCUT2D eigenvalue weighted by Crippen LogP contribution is -2.10. The average Bonchev–Trinajstić information content (AvgIpc) is 2.81. The SMILES string of the molecule is O=C(OCC(=C/c1ccccc1)/C(=C\c1ccccc1)CO)c1ccc([N+](=O)[O-])cc1. The van der Waals surface area contributed by atoms with Gasteiger partial charge in [0.25, 0.3) is 5.69 Å². The van der Waals surface area contributed by atoms with E-state index in [1.54, 1.807) is 0 Å². The first kappa shape index (κ1) is 21.7. The Morgan fingerprint density at radius 2 is 1.35 bits per heavy atom. The Kier molecular flexibility index (Phi) is 7.45. The van der Waals surface area contributed by atoms with Crippen LogP contribution < -0.4 is 0 Å². The Balaban J connectivity index is 1.84. The highest BCUT2D eigenvalue weighted by molar-refractivity contribution is 5.90. The van der Waals surface area contributed by atoms with Crippen LogP contribution in [0.3, 0.4) is 0 Å². The predicted molar refractivity (Wildman–Crippen MR) is 119 cm³/mol. The van der Waals surface area contributed by atoms with Gasteiger partial charge in [0.1, 0.15) is 6.61 Å². The quantitative estimate of drug-likeness (QED) is 0.244. The van der Waals surface area contributed by atoms with E-state index >= 15 is 0 Å². The molecule has 0 radical (unpaired) electrons. The van der Waals surface area contributed by atoms with E-state index < -0.39 is 10.9 Å². The third-order valence-corrected chi connectivity index (χ3v) is 4.54. The third kappa shape index (κ3) is 6.22. The largest absolute Gasteiger partial charge is 0.457 e. The highest BCUT2D eigenvalue weighted by Crippen LogP contribution is 2.20. The Hall–Kier alpha value is -4.03. The number of nitro benzene ring substituents is 1. The van der Waals surface area contributed by atoms with E-state index in [0.29, 0.717) is 11.1 Å². The van der Waals surface area contributed by atoms with Gasteiger partial charge in [0.2, 0.25) is 0 Å². The standard InChI is InChI=1S/C25H21NO5/c27-17-22(15-19-7-3-1-4-8-19)23(16-20-9-5-2-6-10-20)18-31-25(28)21-11-13-24(14-12-21)26(29)30/h1-16,27H,17-18H2/b22-15-,23-16-. The molecule has 0 bridgehead atoms. The number of non-ortho nitro benzene ring substituents is 1. The molecular weight excluding hydrogens is 394 g/mol. The number of aliphatic hydroxyl groups is 1. The van der Waals surface area contributed by atoms with Gasteiger partial charge in [0.05, 0.1) is 17.1 Å². The van der Waals surface area contributed by atoms with Crippen molar-refractivity contribution >= 4 is 23.8 Å². The first-order valence-electron chi connectivity index (χ1n) is 9.61. The van der Waals surface area contributed by atoms with E-state index in [9.17, 15) is 20.0 Å². The molecule has 0 aliphatic heterocycles. The van der Waals surface area contributed by atoms with Gasteiger partial charge in [0, 0.05) is 12.1 Å². The van der Waals surface area contributed by atoms with Crippen LogP contribution in [0.2, 0.25) is 0 Å². The summed E-state index contributed by atoms with van der Waals surface area (Å²) in [4.78, 5) is 22.7. The maximum atomic E-state index is 12.5. The minimum atomic E-state index is -0.606. The van der Waals surface area contributed by atoms with Gasteiger partial charge in [-0.3, -0.25) is 10.1 Å². The summed E-state index contributed by atoms with van der Waals surface area (Å²) in [5, 5.41) is 20.8. The van der Waals surface area contributed by atoms with Gasteiger partial charge < -0.3 is 9.84 Å². The smallest absolute Gasteiger partial charge is 0.338 e. The average molecular weight is 415 g/mol. The molecule has 0 saturated carbocycles. The molecule has 3 aromatic rings. The van der Waals surface area contributed by atoms with Gasteiger partial charge in [0.15, 0.2) is 0 Å². The Morgan fingerprint density at radius 1 is 0.839 bits per heavy atom. The zero-order valence-electron chi connectivity index (χ0n) is 16.7. The number of aliphatic hydroxyl groups excluding tert-OH is 1. The molecule has 0 saturated heterocycles. The summed E-state index contributed by atoms with van der Waals surface area (Å²) in [6.45, 7) is -0.299. The summed E-state index contributed by atoms with van der Waals surface area (Å²) in [6.07, 6.45) is 3.70. The number of ether oxygens (including phenoxy) is 1. The monoisotopic (exact) mass is 415 g/mol. The first-order chi connectivity index (χ1) is 15.1. The fraction of sp³-hybridized carbons (Fsp3) is 0.0800. The highest BCUT2D eigenvalue weighted by Gasteiger charge is 2.13. The highest BCUT2D eigenvalue weighted by atomic mass is 16.6. The summed E-state index contributed by atoms with van der Waals surface area (Å²) in [5.41, 5.74) is 3.18. The minimum absolute atomic E-state index is 0.0655.